The molecule has 0 radical (unpaired) electrons. The van der Waals surface area contributed by atoms with E-state index in [9.17, 15) is 13.2 Å². The molecule has 1 N–H and O–H groups in total. The van der Waals surface area contributed by atoms with Gasteiger partial charge < -0.3 is 15.0 Å². The number of carbonyl (C=O) groups is 1. The highest BCUT2D eigenvalue weighted by Crippen LogP contribution is 2.19. The molecule has 1 aromatic rings. The van der Waals surface area contributed by atoms with E-state index in [0.29, 0.717) is 30.4 Å². The van der Waals surface area contributed by atoms with E-state index in [1.807, 2.05) is 11.8 Å². The first-order valence-corrected chi connectivity index (χ1v) is 11.5. The molecule has 2 rings (SSSR count). The molecule has 0 amide bonds. The molecule has 1 aliphatic heterocycles. The molecule has 0 bridgehead atoms. The summed E-state index contributed by atoms with van der Waals surface area (Å²) in [6.07, 6.45) is 2.30. The summed E-state index contributed by atoms with van der Waals surface area (Å²) in [4.78, 5) is 18.8. The van der Waals surface area contributed by atoms with Gasteiger partial charge in [-0.15, -0.1) is 24.0 Å². The Morgan fingerprint density at radius 1 is 1.31 bits per heavy atom. The van der Waals surface area contributed by atoms with Crippen molar-refractivity contribution in [1.29, 1.82) is 0 Å². The van der Waals surface area contributed by atoms with Crippen LogP contribution in [0.2, 0.25) is 0 Å². The van der Waals surface area contributed by atoms with Crippen LogP contribution in [0.1, 0.15) is 33.1 Å². The Labute approximate surface area is 191 Å². The van der Waals surface area contributed by atoms with Gasteiger partial charge in [0.15, 0.2) is 15.8 Å². The summed E-state index contributed by atoms with van der Waals surface area (Å²) in [6.45, 7) is 5.43. The van der Waals surface area contributed by atoms with Crippen molar-refractivity contribution in [3.05, 3.63) is 30.3 Å². The van der Waals surface area contributed by atoms with Crippen molar-refractivity contribution in [3.8, 4) is 0 Å². The average Bonchev–Trinajstić information content (AvgIpc) is 2.72. The Morgan fingerprint density at radius 3 is 2.59 bits per heavy atom. The average molecular weight is 537 g/mol. The molecule has 0 aromatic heterocycles. The maximum Gasteiger partial charge on any atom is 0.310 e. The van der Waals surface area contributed by atoms with Crippen LogP contribution in [0.15, 0.2) is 40.2 Å². The summed E-state index contributed by atoms with van der Waals surface area (Å²) < 4.78 is 30.6. The Bertz CT molecular complexity index is 771. The van der Waals surface area contributed by atoms with Gasteiger partial charge >= 0.3 is 5.97 Å². The first-order valence-electron chi connectivity index (χ1n) is 9.84. The molecule has 0 saturated carbocycles. The number of rotatable bonds is 7. The lowest BCUT2D eigenvalue weighted by atomic mass is 9.98. The number of esters is 1. The number of aliphatic imine (C=N–C) groups is 1. The highest BCUT2D eigenvalue weighted by atomic mass is 127. The lowest BCUT2D eigenvalue weighted by Crippen LogP contribution is -2.52. The second-order valence-electron chi connectivity index (χ2n) is 6.93. The van der Waals surface area contributed by atoms with Gasteiger partial charge in [-0.05, 0) is 38.3 Å². The lowest BCUT2D eigenvalue weighted by Gasteiger charge is -2.35. The van der Waals surface area contributed by atoms with Crippen molar-refractivity contribution >= 4 is 45.7 Å². The first kappa shape index (κ1) is 25.7. The predicted octanol–water partition coefficient (Wildman–Crippen LogP) is 2.71. The summed E-state index contributed by atoms with van der Waals surface area (Å²) >= 11 is 0. The summed E-state index contributed by atoms with van der Waals surface area (Å²) in [6, 6.07) is 8.21. The van der Waals surface area contributed by atoms with Gasteiger partial charge in [-0.3, -0.25) is 9.79 Å². The van der Waals surface area contributed by atoms with Gasteiger partial charge in [0.1, 0.15) is 0 Å². The number of nitrogens with zero attached hydrogens (tertiary/aromatic N) is 2. The molecular weight excluding hydrogens is 505 g/mol. The highest BCUT2D eigenvalue weighted by molar-refractivity contribution is 14.0. The third kappa shape index (κ3) is 7.44. The number of benzene rings is 1. The lowest BCUT2D eigenvalue weighted by molar-refractivity contribution is -0.149. The van der Waals surface area contributed by atoms with E-state index < -0.39 is 9.84 Å². The predicted molar refractivity (Wildman–Crippen MR) is 125 cm³/mol. The standard InChI is InChI=1S/C20H31N3O4S.HI/c1-4-17(15-28(25,26)18-11-7-6-8-12-18)22-20(21-3)23-13-9-10-16(14-23)19(24)27-5-2;/h6-8,11-12,16-17H,4-5,9-10,13-15H2,1-3H3,(H,21,22);1H. The van der Waals surface area contributed by atoms with E-state index in [0.717, 1.165) is 19.4 Å². The minimum Gasteiger partial charge on any atom is -0.466 e. The van der Waals surface area contributed by atoms with Crippen LogP contribution in [0, 0.1) is 5.92 Å². The molecule has 0 aliphatic carbocycles. The van der Waals surface area contributed by atoms with Crippen LogP contribution in [0.4, 0.5) is 0 Å². The summed E-state index contributed by atoms with van der Waals surface area (Å²) in [5.74, 6) is 0.257. The molecule has 2 unspecified atom stereocenters. The molecule has 1 fully saturated rings. The topological polar surface area (TPSA) is 88.1 Å². The SMILES string of the molecule is CCOC(=O)C1CCCN(C(=NC)NC(CC)CS(=O)(=O)c2ccccc2)C1.I. The van der Waals surface area contributed by atoms with E-state index in [2.05, 4.69) is 10.3 Å². The Kier molecular flexibility index (Phi) is 10.9. The largest absolute Gasteiger partial charge is 0.466 e. The number of sulfone groups is 1. The van der Waals surface area contributed by atoms with Crippen LogP contribution in [0.25, 0.3) is 0 Å². The second kappa shape index (κ2) is 12.4. The molecule has 2 atom stereocenters. The fourth-order valence-corrected chi connectivity index (χ4v) is 4.97. The number of carbonyl (C=O) groups excluding carboxylic acids is 1. The molecule has 29 heavy (non-hydrogen) atoms. The number of nitrogens with one attached hydrogen (secondary N) is 1. The van der Waals surface area contributed by atoms with E-state index in [1.54, 1.807) is 44.3 Å². The number of guanidine groups is 1. The second-order valence-corrected chi connectivity index (χ2v) is 8.96. The van der Waals surface area contributed by atoms with Crippen LogP contribution in [0.3, 0.4) is 0 Å². The number of hydrogen-bond acceptors (Lipinski definition) is 5. The van der Waals surface area contributed by atoms with Crippen molar-refractivity contribution in [2.24, 2.45) is 10.9 Å². The number of piperidine rings is 1. The molecule has 1 aliphatic rings. The Hall–Kier alpha value is -1.36. The highest BCUT2D eigenvalue weighted by Gasteiger charge is 2.29. The quantitative estimate of drug-likeness (QED) is 0.249. The summed E-state index contributed by atoms with van der Waals surface area (Å²) in [5, 5.41) is 3.29. The third-order valence-corrected chi connectivity index (χ3v) is 6.73. The molecule has 164 valence electrons. The summed E-state index contributed by atoms with van der Waals surface area (Å²) in [7, 11) is -1.72. The van der Waals surface area contributed by atoms with Crippen LogP contribution < -0.4 is 5.32 Å². The van der Waals surface area contributed by atoms with Gasteiger partial charge in [-0.25, -0.2) is 8.42 Å². The molecule has 1 aromatic carbocycles. The van der Waals surface area contributed by atoms with Gasteiger partial charge in [-0.1, -0.05) is 25.1 Å². The maximum absolute atomic E-state index is 12.7. The van der Waals surface area contributed by atoms with Gasteiger partial charge in [-0.2, -0.15) is 0 Å². The molecule has 1 saturated heterocycles. The van der Waals surface area contributed by atoms with E-state index in [-0.39, 0.29) is 47.7 Å². The fourth-order valence-electron chi connectivity index (χ4n) is 3.35. The van der Waals surface area contributed by atoms with Crippen LogP contribution in [0.5, 0.6) is 0 Å². The Morgan fingerprint density at radius 2 is 2.00 bits per heavy atom. The maximum atomic E-state index is 12.7. The smallest absolute Gasteiger partial charge is 0.310 e. The minimum absolute atomic E-state index is 0. The number of ether oxygens (including phenoxy) is 1. The number of likely N-dealkylation sites (tertiary alicyclic amines) is 1. The van der Waals surface area contributed by atoms with Gasteiger partial charge in [0.2, 0.25) is 0 Å². The number of hydrogen-bond donors (Lipinski definition) is 1. The fraction of sp³-hybridized carbons (Fsp3) is 0.600. The van der Waals surface area contributed by atoms with Crippen molar-refractivity contribution < 1.29 is 17.9 Å². The normalized spacial score (nSPS) is 18.5. The molecule has 7 nitrogen and oxygen atoms in total. The third-order valence-electron chi connectivity index (χ3n) is 4.90. The molecule has 1 heterocycles. The van der Waals surface area contributed by atoms with Crippen molar-refractivity contribution in [2.45, 2.75) is 44.0 Å². The zero-order valence-electron chi connectivity index (χ0n) is 17.3. The van der Waals surface area contributed by atoms with Crippen molar-refractivity contribution in [1.82, 2.24) is 10.2 Å². The number of halogens is 1. The van der Waals surface area contributed by atoms with E-state index >= 15 is 0 Å². The van der Waals surface area contributed by atoms with Crippen molar-refractivity contribution in [3.63, 3.8) is 0 Å². The minimum atomic E-state index is -3.40. The van der Waals surface area contributed by atoms with Gasteiger partial charge in [0, 0.05) is 26.2 Å². The van der Waals surface area contributed by atoms with Gasteiger partial charge in [0.05, 0.1) is 23.2 Å². The molecule has 0 spiro atoms. The monoisotopic (exact) mass is 537 g/mol. The zero-order valence-corrected chi connectivity index (χ0v) is 20.5. The van der Waals surface area contributed by atoms with E-state index in [4.69, 9.17) is 4.74 Å². The zero-order chi connectivity index (χ0) is 20.6. The first-order chi connectivity index (χ1) is 13.4. The summed E-state index contributed by atoms with van der Waals surface area (Å²) in [5.41, 5.74) is 0. The van der Waals surface area contributed by atoms with Crippen molar-refractivity contribution in [2.75, 3.05) is 32.5 Å². The van der Waals surface area contributed by atoms with Crippen LogP contribution >= 0.6 is 24.0 Å². The van der Waals surface area contributed by atoms with E-state index in [1.165, 1.54) is 0 Å². The van der Waals surface area contributed by atoms with Crippen LogP contribution in [-0.2, 0) is 19.4 Å². The van der Waals surface area contributed by atoms with Gasteiger partial charge in [0.25, 0.3) is 0 Å². The van der Waals surface area contributed by atoms with Crippen LogP contribution in [-0.4, -0.2) is 63.8 Å². The Balaban J connectivity index is 0.00000420. The molecular formula is C20H32IN3O4S. The molecule has 9 heteroatoms.